The zero-order valence-corrected chi connectivity index (χ0v) is 15.8. The van der Waals surface area contributed by atoms with Crippen LogP contribution in [0.15, 0.2) is 28.8 Å². The molecule has 2 aliphatic rings. The van der Waals surface area contributed by atoms with Gasteiger partial charge in [0, 0.05) is 37.2 Å². The monoisotopic (exact) mass is 378 g/mol. The SMILES string of the molecule is Cl.NCc1ccc(-c2noc(CC3(N4CCOCC4)CCCC3)n2)cc1. The molecule has 1 aromatic carbocycles. The Morgan fingerprint density at radius 3 is 2.42 bits per heavy atom. The van der Waals surface area contributed by atoms with Crippen LogP contribution in [0.1, 0.15) is 37.1 Å². The van der Waals surface area contributed by atoms with Gasteiger partial charge in [-0.05, 0) is 18.4 Å². The Hall–Kier alpha value is -1.47. The van der Waals surface area contributed by atoms with Crippen molar-refractivity contribution in [3.05, 3.63) is 35.7 Å². The summed E-state index contributed by atoms with van der Waals surface area (Å²) in [7, 11) is 0. The van der Waals surface area contributed by atoms with Crippen molar-refractivity contribution < 1.29 is 9.26 Å². The van der Waals surface area contributed by atoms with E-state index < -0.39 is 0 Å². The molecule has 1 aliphatic heterocycles. The predicted octanol–water partition coefficient (Wildman–Crippen LogP) is 2.80. The number of benzene rings is 1. The van der Waals surface area contributed by atoms with E-state index in [0.29, 0.717) is 12.4 Å². The lowest BCUT2D eigenvalue weighted by molar-refractivity contribution is -0.0232. The minimum absolute atomic E-state index is 0. The number of nitrogens with zero attached hydrogens (tertiary/aromatic N) is 3. The van der Waals surface area contributed by atoms with Crippen LogP contribution in [-0.4, -0.2) is 46.9 Å². The van der Waals surface area contributed by atoms with Gasteiger partial charge >= 0.3 is 0 Å². The van der Waals surface area contributed by atoms with Crippen molar-refractivity contribution in [2.45, 2.75) is 44.2 Å². The molecule has 0 atom stereocenters. The highest BCUT2D eigenvalue weighted by Gasteiger charge is 2.41. The van der Waals surface area contributed by atoms with E-state index in [9.17, 15) is 0 Å². The molecule has 0 spiro atoms. The maximum Gasteiger partial charge on any atom is 0.228 e. The first-order valence-electron chi connectivity index (χ1n) is 9.24. The van der Waals surface area contributed by atoms with Crippen LogP contribution < -0.4 is 5.73 Å². The first-order chi connectivity index (χ1) is 12.3. The molecule has 0 bridgehead atoms. The summed E-state index contributed by atoms with van der Waals surface area (Å²) < 4.78 is 11.1. The number of nitrogens with two attached hydrogens (primary N) is 1. The quantitative estimate of drug-likeness (QED) is 0.862. The van der Waals surface area contributed by atoms with Crippen molar-refractivity contribution in [1.29, 1.82) is 0 Å². The molecule has 2 N–H and O–H groups in total. The van der Waals surface area contributed by atoms with Crippen molar-refractivity contribution >= 4 is 12.4 Å². The van der Waals surface area contributed by atoms with Crippen LogP contribution >= 0.6 is 12.4 Å². The summed E-state index contributed by atoms with van der Waals surface area (Å²) in [6.45, 7) is 4.19. The van der Waals surface area contributed by atoms with Gasteiger partial charge in [0.1, 0.15) is 0 Å². The number of hydrogen-bond acceptors (Lipinski definition) is 6. The molecule has 0 radical (unpaired) electrons. The Kier molecular flexibility index (Phi) is 6.29. The lowest BCUT2D eigenvalue weighted by atomic mass is 9.90. The van der Waals surface area contributed by atoms with Crippen molar-refractivity contribution in [2.24, 2.45) is 5.73 Å². The third-order valence-electron chi connectivity index (χ3n) is 5.61. The predicted molar refractivity (Wildman–Crippen MR) is 102 cm³/mol. The van der Waals surface area contributed by atoms with Crippen LogP contribution in [0.2, 0.25) is 0 Å². The Balaban J connectivity index is 0.00000196. The van der Waals surface area contributed by atoms with Gasteiger partial charge in [-0.15, -0.1) is 12.4 Å². The molecule has 0 unspecified atom stereocenters. The van der Waals surface area contributed by atoms with E-state index in [0.717, 1.165) is 49.7 Å². The standard InChI is InChI=1S/C19H26N4O2.ClH/c20-14-15-3-5-16(6-4-15)18-21-17(25-22-18)13-19(7-1-2-8-19)23-9-11-24-12-10-23;/h3-6H,1-2,7-14,20H2;1H. The van der Waals surface area contributed by atoms with Gasteiger partial charge < -0.3 is 15.0 Å². The first-order valence-corrected chi connectivity index (χ1v) is 9.24. The maximum atomic E-state index is 5.66. The van der Waals surface area contributed by atoms with Gasteiger partial charge in [0.15, 0.2) is 0 Å². The molecule has 1 aromatic heterocycles. The Labute approximate surface area is 160 Å². The van der Waals surface area contributed by atoms with Crippen molar-refractivity contribution in [1.82, 2.24) is 15.0 Å². The maximum absolute atomic E-state index is 5.66. The van der Waals surface area contributed by atoms with Gasteiger partial charge in [0.2, 0.25) is 11.7 Å². The lowest BCUT2D eigenvalue weighted by Gasteiger charge is -2.42. The minimum atomic E-state index is 0. The smallest absolute Gasteiger partial charge is 0.228 e. The molecule has 1 saturated heterocycles. The summed E-state index contributed by atoms with van der Waals surface area (Å²) in [6, 6.07) is 8.03. The molecule has 6 nitrogen and oxygen atoms in total. The minimum Gasteiger partial charge on any atom is -0.379 e. The topological polar surface area (TPSA) is 77.4 Å². The highest BCUT2D eigenvalue weighted by Crippen LogP contribution is 2.38. The average Bonchev–Trinajstić information content (AvgIpc) is 3.33. The summed E-state index contributed by atoms with van der Waals surface area (Å²) >= 11 is 0. The number of morpholine rings is 1. The zero-order chi connectivity index (χ0) is 17.1. The van der Waals surface area contributed by atoms with Crippen LogP contribution in [0.4, 0.5) is 0 Å². The molecule has 2 aromatic rings. The van der Waals surface area contributed by atoms with Crippen LogP contribution in [-0.2, 0) is 17.7 Å². The molecule has 0 amide bonds. The second-order valence-corrected chi connectivity index (χ2v) is 7.12. The fraction of sp³-hybridized carbons (Fsp3) is 0.579. The van der Waals surface area contributed by atoms with Gasteiger partial charge in [-0.3, -0.25) is 4.90 Å². The summed E-state index contributed by atoms with van der Waals surface area (Å²) in [5.41, 5.74) is 7.89. The molecule has 2 heterocycles. The van der Waals surface area contributed by atoms with Gasteiger partial charge in [0.05, 0.1) is 13.2 Å². The fourth-order valence-electron chi connectivity index (χ4n) is 4.19. The van der Waals surface area contributed by atoms with Gasteiger partial charge in [-0.25, -0.2) is 0 Å². The van der Waals surface area contributed by atoms with Gasteiger partial charge in [-0.2, -0.15) is 4.98 Å². The summed E-state index contributed by atoms with van der Waals surface area (Å²) in [4.78, 5) is 7.26. The van der Waals surface area contributed by atoms with E-state index in [2.05, 4.69) is 15.0 Å². The third kappa shape index (κ3) is 3.93. The molecule has 142 valence electrons. The van der Waals surface area contributed by atoms with E-state index in [4.69, 9.17) is 15.0 Å². The first kappa shape index (κ1) is 19.3. The van der Waals surface area contributed by atoms with E-state index >= 15 is 0 Å². The molecule has 26 heavy (non-hydrogen) atoms. The Morgan fingerprint density at radius 1 is 1.08 bits per heavy atom. The number of aromatic nitrogens is 2. The Morgan fingerprint density at radius 2 is 1.77 bits per heavy atom. The fourth-order valence-corrected chi connectivity index (χ4v) is 4.19. The number of ether oxygens (including phenoxy) is 1. The van der Waals surface area contributed by atoms with E-state index in [1.165, 1.54) is 25.7 Å². The second-order valence-electron chi connectivity index (χ2n) is 7.12. The molecule has 4 rings (SSSR count). The van der Waals surface area contributed by atoms with E-state index in [1.54, 1.807) is 0 Å². The molecule has 7 heteroatoms. The van der Waals surface area contributed by atoms with Crippen molar-refractivity contribution in [3.8, 4) is 11.4 Å². The molecule has 1 saturated carbocycles. The lowest BCUT2D eigenvalue weighted by Crippen LogP contribution is -2.53. The van der Waals surface area contributed by atoms with Gasteiger partial charge in [0.25, 0.3) is 0 Å². The normalized spacial score (nSPS) is 20.0. The largest absolute Gasteiger partial charge is 0.379 e. The van der Waals surface area contributed by atoms with Gasteiger partial charge in [-0.1, -0.05) is 42.3 Å². The summed E-state index contributed by atoms with van der Waals surface area (Å²) in [6.07, 6.45) is 5.80. The van der Waals surface area contributed by atoms with Crippen LogP contribution in [0, 0.1) is 0 Å². The summed E-state index contributed by atoms with van der Waals surface area (Å²) in [5.74, 6) is 1.40. The number of rotatable bonds is 5. The molecule has 1 aliphatic carbocycles. The molecular formula is C19H27ClN4O2. The van der Waals surface area contributed by atoms with Crippen molar-refractivity contribution in [3.63, 3.8) is 0 Å². The average molecular weight is 379 g/mol. The van der Waals surface area contributed by atoms with Crippen LogP contribution in [0.25, 0.3) is 11.4 Å². The van der Waals surface area contributed by atoms with Crippen molar-refractivity contribution in [2.75, 3.05) is 26.3 Å². The highest BCUT2D eigenvalue weighted by molar-refractivity contribution is 5.85. The number of halogens is 1. The second kappa shape index (κ2) is 8.48. The molecular weight excluding hydrogens is 352 g/mol. The number of hydrogen-bond donors (Lipinski definition) is 1. The Bertz CT molecular complexity index is 692. The summed E-state index contributed by atoms with van der Waals surface area (Å²) in [5, 5.41) is 4.20. The van der Waals surface area contributed by atoms with E-state index in [1.807, 2.05) is 24.3 Å². The highest BCUT2D eigenvalue weighted by atomic mass is 35.5. The zero-order valence-electron chi connectivity index (χ0n) is 15.0. The van der Waals surface area contributed by atoms with E-state index in [-0.39, 0.29) is 17.9 Å². The molecule has 2 fully saturated rings. The van der Waals surface area contributed by atoms with Crippen LogP contribution in [0.3, 0.4) is 0 Å². The third-order valence-corrected chi connectivity index (χ3v) is 5.61. The van der Waals surface area contributed by atoms with Crippen LogP contribution in [0.5, 0.6) is 0 Å².